The Hall–Kier alpha value is -0.650. The number of hydrogen-bond acceptors (Lipinski definition) is 4. The van der Waals surface area contributed by atoms with E-state index in [-0.39, 0.29) is 12.4 Å². The predicted octanol–water partition coefficient (Wildman–Crippen LogP) is 4.24. The van der Waals surface area contributed by atoms with Crippen molar-refractivity contribution in [3.63, 3.8) is 0 Å². The van der Waals surface area contributed by atoms with Gasteiger partial charge in [0.15, 0.2) is 0 Å². The molecule has 0 bridgehead atoms. The lowest BCUT2D eigenvalue weighted by Gasteiger charge is -2.36. The van der Waals surface area contributed by atoms with Gasteiger partial charge in [-0.1, -0.05) is 29.8 Å². The van der Waals surface area contributed by atoms with Crippen LogP contribution in [0.15, 0.2) is 29.8 Å². The van der Waals surface area contributed by atoms with Crippen LogP contribution in [-0.2, 0) is 6.54 Å². The maximum atomic E-state index is 6.43. The number of halogens is 2. The fourth-order valence-electron chi connectivity index (χ4n) is 3.26. The second-order valence-corrected chi connectivity index (χ2v) is 7.49. The van der Waals surface area contributed by atoms with Crippen LogP contribution in [0.4, 0.5) is 0 Å². The molecule has 23 heavy (non-hydrogen) atoms. The van der Waals surface area contributed by atoms with Crippen molar-refractivity contribution in [2.45, 2.75) is 31.3 Å². The Morgan fingerprint density at radius 1 is 1.30 bits per heavy atom. The van der Waals surface area contributed by atoms with Gasteiger partial charge in [0, 0.05) is 48.0 Å². The molecule has 1 atom stereocenters. The topological polar surface area (TPSA) is 28.2 Å². The van der Waals surface area contributed by atoms with E-state index < -0.39 is 0 Å². The van der Waals surface area contributed by atoms with Crippen molar-refractivity contribution in [3.05, 3.63) is 50.9 Å². The Kier molecular flexibility index (Phi) is 5.60. The average Bonchev–Trinajstić information content (AvgIpc) is 3.29. The third-order valence-electron chi connectivity index (χ3n) is 4.60. The first-order chi connectivity index (χ1) is 10.8. The Bertz CT molecular complexity index is 657. The molecule has 0 spiro atoms. The Balaban J connectivity index is 0.00000156. The highest BCUT2D eigenvalue weighted by Gasteiger charge is 2.31. The Morgan fingerprint density at radius 2 is 2.13 bits per heavy atom. The molecule has 0 radical (unpaired) electrons. The minimum Gasteiger partial charge on any atom is -0.314 e. The van der Waals surface area contributed by atoms with E-state index >= 15 is 0 Å². The zero-order valence-corrected chi connectivity index (χ0v) is 15.3. The van der Waals surface area contributed by atoms with Crippen LogP contribution in [0.1, 0.15) is 40.9 Å². The van der Waals surface area contributed by atoms with Gasteiger partial charge < -0.3 is 5.32 Å². The minimum absolute atomic E-state index is 0. The van der Waals surface area contributed by atoms with Crippen molar-refractivity contribution in [1.29, 1.82) is 0 Å². The van der Waals surface area contributed by atoms with Crippen molar-refractivity contribution < 1.29 is 0 Å². The second kappa shape index (κ2) is 7.49. The molecule has 0 amide bonds. The normalized spacial score (nSPS) is 21.9. The van der Waals surface area contributed by atoms with E-state index in [1.54, 1.807) is 11.3 Å². The first-order valence-electron chi connectivity index (χ1n) is 7.94. The first-order valence-corrected chi connectivity index (χ1v) is 9.20. The smallest absolute Gasteiger partial charge is 0.0798 e. The van der Waals surface area contributed by atoms with Gasteiger partial charge in [0.1, 0.15) is 0 Å². The number of benzene rings is 1. The second-order valence-electron chi connectivity index (χ2n) is 6.15. The SMILES string of the molecule is Cl.Clc1ccccc1C1CNCCN1Cc1scnc1C1CC1. The molecule has 1 saturated heterocycles. The van der Waals surface area contributed by atoms with Gasteiger partial charge >= 0.3 is 0 Å². The van der Waals surface area contributed by atoms with Crippen LogP contribution in [0.5, 0.6) is 0 Å². The summed E-state index contributed by atoms with van der Waals surface area (Å²) in [6, 6.07) is 8.57. The fourth-order valence-corrected chi connectivity index (χ4v) is 4.39. The Labute approximate surface area is 152 Å². The lowest BCUT2D eigenvalue weighted by molar-refractivity contribution is 0.155. The van der Waals surface area contributed by atoms with Gasteiger partial charge in [0.05, 0.1) is 11.2 Å². The summed E-state index contributed by atoms with van der Waals surface area (Å²) in [5.74, 6) is 0.725. The fraction of sp³-hybridized carbons (Fsp3) is 0.471. The molecular formula is C17H21Cl2N3S. The standard InChI is InChI=1S/C17H20ClN3S.ClH/c18-14-4-2-1-3-13(14)15-9-19-7-8-21(15)10-16-17(12-5-6-12)20-11-22-16;/h1-4,11-12,15,19H,5-10H2;1H. The van der Waals surface area contributed by atoms with Crippen molar-refractivity contribution in [3.8, 4) is 0 Å². The number of aromatic nitrogens is 1. The lowest BCUT2D eigenvalue weighted by Crippen LogP contribution is -2.45. The maximum Gasteiger partial charge on any atom is 0.0798 e. The van der Waals surface area contributed by atoms with Gasteiger partial charge in [-0.25, -0.2) is 4.98 Å². The zero-order valence-electron chi connectivity index (χ0n) is 12.9. The maximum absolute atomic E-state index is 6.43. The van der Waals surface area contributed by atoms with Gasteiger partial charge in [-0.3, -0.25) is 4.90 Å². The van der Waals surface area contributed by atoms with Crippen molar-refractivity contribution in [1.82, 2.24) is 15.2 Å². The van der Waals surface area contributed by atoms with Crippen LogP contribution in [0.2, 0.25) is 5.02 Å². The molecule has 1 aromatic carbocycles. The van der Waals surface area contributed by atoms with Crippen LogP contribution >= 0.6 is 35.3 Å². The molecule has 1 unspecified atom stereocenters. The largest absolute Gasteiger partial charge is 0.314 e. The van der Waals surface area contributed by atoms with E-state index in [1.807, 2.05) is 17.6 Å². The van der Waals surface area contributed by atoms with Gasteiger partial charge in [-0.05, 0) is 24.5 Å². The average molecular weight is 370 g/mol. The number of hydrogen-bond donors (Lipinski definition) is 1. The highest BCUT2D eigenvalue weighted by Crippen LogP contribution is 2.42. The monoisotopic (exact) mass is 369 g/mol. The summed E-state index contributed by atoms with van der Waals surface area (Å²) in [4.78, 5) is 8.61. The summed E-state index contributed by atoms with van der Waals surface area (Å²) in [5.41, 5.74) is 4.59. The molecule has 1 N–H and O–H groups in total. The molecule has 1 aromatic heterocycles. The molecule has 6 heteroatoms. The van der Waals surface area contributed by atoms with Crippen molar-refractivity contribution in [2.75, 3.05) is 19.6 Å². The lowest BCUT2D eigenvalue weighted by atomic mass is 10.0. The summed E-state index contributed by atoms with van der Waals surface area (Å²) in [5, 5.41) is 4.38. The Morgan fingerprint density at radius 3 is 2.91 bits per heavy atom. The molecule has 2 fully saturated rings. The van der Waals surface area contributed by atoms with Crippen LogP contribution in [0, 0.1) is 0 Å². The number of piperazine rings is 1. The van der Waals surface area contributed by atoms with E-state index in [0.29, 0.717) is 6.04 Å². The summed E-state index contributed by atoms with van der Waals surface area (Å²) in [6.07, 6.45) is 2.62. The molecule has 4 rings (SSSR count). The summed E-state index contributed by atoms with van der Waals surface area (Å²) in [7, 11) is 0. The number of nitrogens with one attached hydrogen (secondary N) is 1. The molecule has 124 valence electrons. The quantitative estimate of drug-likeness (QED) is 0.873. The van der Waals surface area contributed by atoms with Crippen molar-refractivity contribution in [2.24, 2.45) is 0 Å². The van der Waals surface area contributed by atoms with Crippen molar-refractivity contribution >= 4 is 35.3 Å². The van der Waals surface area contributed by atoms with E-state index in [9.17, 15) is 0 Å². The van der Waals surface area contributed by atoms with Gasteiger partial charge in [-0.15, -0.1) is 23.7 Å². The van der Waals surface area contributed by atoms with E-state index in [1.165, 1.54) is 29.0 Å². The third-order valence-corrected chi connectivity index (χ3v) is 5.78. The molecule has 1 aliphatic carbocycles. The molecule has 2 aromatic rings. The van der Waals surface area contributed by atoms with Gasteiger partial charge in [0.25, 0.3) is 0 Å². The number of rotatable bonds is 4. The molecule has 1 aliphatic heterocycles. The summed E-state index contributed by atoms with van der Waals surface area (Å²) in [6.45, 7) is 4.05. The number of thiazole rings is 1. The number of nitrogens with zero attached hydrogens (tertiary/aromatic N) is 2. The highest BCUT2D eigenvalue weighted by molar-refractivity contribution is 7.09. The summed E-state index contributed by atoms with van der Waals surface area (Å²) < 4.78 is 0. The molecule has 2 aliphatic rings. The molecule has 1 saturated carbocycles. The van der Waals surface area contributed by atoms with Gasteiger partial charge in [0.2, 0.25) is 0 Å². The third kappa shape index (κ3) is 3.72. The van der Waals surface area contributed by atoms with Gasteiger partial charge in [-0.2, -0.15) is 0 Å². The van der Waals surface area contributed by atoms with E-state index in [0.717, 1.165) is 37.1 Å². The zero-order chi connectivity index (χ0) is 14.9. The first kappa shape index (κ1) is 17.2. The predicted molar refractivity (Wildman–Crippen MR) is 98.8 cm³/mol. The van der Waals surface area contributed by atoms with Crippen LogP contribution in [-0.4, -0.2) is 29.5 Å². The summed E-state index contributed by atoms with van der Waals surface area (Å²) >= 11 is 8.24. The van der Waals surface area contributed by atoms with Crippen LogP contribution < -0.4 is 5.32 Å². The minimum atomic E-state index is 0. The van der Waals surface area contributed by atoms with E-state index in [2.05, 4.69) is 27.3 Å². The highest BCUT2D eigenvalue weighted by atomic mass is 35.5. The molecule has 2 heterocycles. The van der Waals surface area contributed by atoms with E-state index in [4.69, 9.17) is 11.6 Å². The molecular weight excluding hydrogens is 349 g/mol. The van der Waals surface area contributed by atoms with Crippen LogP contribution in [0.25, 0.3) is 0 Å². The van der Waals surface area contributed by atoms with Crippen LogP contribution in [0.3, 0.4) is 0 Å². The molecule has 3 nitrogen and oxygen atoms in total.